The van der Waals surface area contributed by atoms with Crippen LogP contribution in [0, 0.1) is 12.8 Å². The van der Waals surface area contributed by atoms with E-state index in [9.17, 15) is 4.79 Å². The van der Waals surface area contributed by atoms with Gasteiger partial charge in [0.1, 0.15) is 11.5 Å². The second-order valence-corrected chi connectivity index (χ2v) is 7.47. The number of imidazole rings is 1. The maximum Gasteiger partial charge on any atom is 0.253 e. The molecule has 4 rings (SSSR count). The fraction of sp³-hybridized carbons (Fsp3) is 0.364. The Morgan fingerprint density at radius 1 is 1.18 bits per heavy atom. The topological polar surface area (TPSA) is 63.9 Å². The molecule has 1 saturated heterocycles. The Bertz CT molecular complexity index is 966. The summed E-state index contributed by atoms with van der Waals surface area (Å²) in [6.45, 7) is 3.57. The third-order valence-corrected chi connectivity index (χ3v) is 5.49. The molecule has 0 radical (unpaired) electrons. The van der Waals surface area contributed by atoms with Gasteiger partial charge in [-0.1, -0.05) is 18.2 Å². The molecule has 2 aromatic heterocycles. The van der Waals surface area contributed by atoms with E-state index in [-0.39, 0.29) is 5.91 Å². The van der Waals surface area contributed by atoms with Crippen molar-refractivity contribution in [3.8, 4) is 11.4 Å². The Labute approximate surface area is 165 Å². The van der Waals surface area contributed by atoms with Crippen LogP contribution in [0.15, 0.2) is 48.9 Å². The zero-order chi connectivity index (χ0) is 19.5. The van der Waals surface area contributed by atoms with Crippen molar-refractivity contribution in [1.82, 2.24) is 24.4 Å². The molecule has 0 spiro atoms. The first-order valence-electron chi connectivity index (χ1n) is 9.76. The number of carbonyl (C=O) groups is 1. The molecule has 28 heavy (non-hydrogen) atoms. The molecular formula is C22H25N5O. The molecule has 0 N–H and O–H groups in total. The normalized spacial score (nSPS) is 16.9. The van der Waals surface area contributed by atoms with Gasteiger partial charge in [-0.05, 0) is 44.2 Å². The zero-order valence-electron chi connectivity index (χ0n) is 16.4. The lowest BCUT2D eigenvalue weighted by atomic mass is 9.93. The fourth-order valence-electron chi connectivity index (χ4n) is 3.84. The number of benzene rings is 1. The number of rotatable bonds is 4. The van der Waals surface area contributed by atoms with Crippen LogP contribution in [0.1, 0.15) is 34.7 Å². The number of hydrogen-bond acceptors (Lipinski definition) is 4. The van der Waals surface area contributed by atoms with Crippen molar-refractivity contribution in [1.29, 1.82) is 0 Å². The number of likely N-dealkylation sites (tertiary alicyclic amines) is 1. The largest absolute Gasteiger partial charge is 0.338 e. The van der Waals surface area contributed by atoms with Crippen molar-refractivity contribution in [2.45, 2.75) is 26.2 Å². The quantitative estimate of drug-likeness (QED) is 0.702. The Morgan fingerprint density at radius 3 is 2.75 bits per heavy atom. The van der Waals surface area contributed by atoms with Crippen molar-refractivity contribution >= 4 is 5.91 Å². The molecule has 144 valence electrons. The van der Waals surface area contributed by atoms with Crippen molar-refractivity contribution in [2.75, 3.05) is 13.1 Å². The van der Waals surface area contributed by atoms with Gasteiger partial charge in [0, 0.05) is 31.9 Å². The van der Waals surface area contributed by atoms with E-state index in [2.05, 4.69) is 9.97 Å². The molecule has 3 heterocycles. The molecule has 0 aliphatic carbocycles. The third-order valence-electron chi connectivity index (χ3n) is 5.49. The predicted molar refractivity (Wildman–Crippen MR) is 108 cm³/mol. The van der Waals surface area contributed by atoms with Gasteiger partial charge >= 0.3 is 0 Å². The Hall–Kier alpha value is -3.02. The van der Waals surface area contributed by atoms with E-state index in [0.717, 1.165) is 60.8 Å². The second-order valence-electron chi connectivity index (χ2n) is 7.47. The van der Waals surface area contributed by atoms with Crippen LogP contribution in [0.3, 0.4) is 0 Å². The minimum absolute atomic E-state index is 0.121. The average Bonchev–Trinajstić information content (AvgIpc) is 3.07. The number of piperidine rings is 1. The molecule has 1 amide bonds. The van der Waals surface area contributed by atoms with Crippen molar-refractivity contribution < 1.29 is 4.79 Å². The molecule has 1 aliphatic rings. The smallest absolute Gasteiger partial charge is 0.253 e. The number of amides is 1. The Kier molecular flexibility index (Phi) is 5.19. The maximum atomic E-state index is 12.8. The van der Waals surface area contributed by atoms with Gasteiger partial charge in [0.25, 0.3) is 5.91 Å². The van der Waals surface area contributed by atoms with E-state index in [4.69, 9.17) is 4.98 Å². The van der Waals surface area contributed by atoms with E-state index < -0.39 is 0 Å². The number of carbonyl (C=O) groups excluding carboxylic acids is 1. The molecule has 3 aromatic rings. The molecule has 1 fully saturated rings. The molecular weight excluding hydrogens is 350 g/mol. The molecule has 0 unspecified atom stereocenters. The summed E-state index contributed by atoms with van der Waals surface area (Å²) >= 11 is 0. The maximum absolute atomic E-state index is 12.8. The SMILES string of the molecule is Cc1ncc(-c2cncc(C[C@@H]3CCCN(C(=O)c4ccccc4)C3)n2)n1C. The van der Waals surface area contributed by atoms with Gasteiger partial charge in [0.15, 0.2) is 0 Å². The van der Waals surface area contributed by atoms with E-state index in [1.165, 1.54) is 0 Å². The lowest BCUT2D eigenvalue weighted by Gasteiger charge is -2.32. The van der Waals surface area contributed by atoms with Crippen LogP contribution in [0.5, 0.6) is 0 Å². The monoisotopic (exact) mass is 375 g/mol. The van der Waals surface area contributed by atoms with Gasteiger partial charge in [0.2, 0.25) is 0 Å². The second kappa shape index (κ2) is 7.92. The van der Waals surface area contributed by atoms with Crippen LogP contribution < -0.4 is 0 Å². The van der Waals surface area contributed by atoms with Crippen molar-refractivity contribution in [3.05, 3.63) is 66.0 Å². The first-order valence-corrected chi connectivity index (χ1v) is 9.76. The first kappa shape index (κ1) is 18.3. The van der Waals surface area contributed by atoms with E-state index in [1.807, 2.05) is 66.2 Å². The number of aryl methyl sites for hydroxylation is 1. The lowest BCUT2D eigenvalue weighted by Crippen LogP contribution is -2.40. The molecule has 1 aliphatic heterocycles. The summed E-state index contributed by atoms with van der Waals surface area (Å²) in [6, 6.07) is 9.53. The number of nitrogens with zero attached hydrogens (tertiary/aromatic N) is 5. The summed E-state index contributed by atoms with van der Waals surface area (Å²) in [4.78, 5) is 28.3. The van der Waals surface area contributed by atoms with Gasteiger partial charge < -0.3 is 9.47 Å². The van der Waals surface area contributed by atoms with Gasteiger partial charge in [-0.3, -0.25) is 9.78 Å². The van der Waals surface area contributed by atoms with Crippen LogP contribution in [0.4, 0.5) is 0 Å². The highest BCUT2D eigenvalue weighted by Gasteiger charge is 2.25. The van der Waals surface area contributed by atoms with Crippen LogP contribution in [0.25, 0.3) is 11.4 Å². The molecule has 6 heteroatoms. The number of hydrogen-bond donors (Lipinski definition) is 0. The van der Waals surface area contributed by atoms with E-state index in [0.29, 0.717) is 5.92 Å². The summed E-state index contributed by atoms with van der Waals surface area (Å²) in [6.07, 6.45) is 8.42. The molecule has 0 saturated carbocycles. The molecule has 1 aromatic carbocycles. The van der Waals surface area contributed by atoms with Crippen molar-refractivity contribution in [2.24, 2.45) is 13.0 Å². The molecule has 0 bridgehead atoms. The van der Waals surface area contributed by atoms with Crippen LogP contribution in [-0.2, 0) is 13.5 Å². The van der Waals surface area contributed by atoms with Gasteiger partial charge in [-0.25, -0.2) is 9.97 Å². The summed E-state index contributed by atoms with van der Waals surface area (Å²) in [7, 11) is 1.99. The lowest BCUT2D eigenvalue weighted by molar-refractivity contribution is 0.0672. The highest BCUT2D eigenvalue weighted by atomic mass is 16.2. The fourth-order valence-corrected chi connectivity index (χ4v) is 3.84. The zero-order valence-corrected chi connectivity index (χ0v) is 16.4. The van der Waals surface area contributed by atoms with Crippen LogP contribution in [0.2, 0.25) is 0 Å². The third kappa shape index (κ3) is 3.81. The van der Waals surface area contributed by atoms with Gasteiger partial charge in [-0.2, -0.15) is 0 Å². The molecule has 6 nitrogen and oxygen atoms in total. The minimum Gasteiger partial charge on any atom is -0.338 e. The standard InChI is InChI=1S/C22H25N5O/c1-16-24-14-21(26(16)2)20-13-23-12-19(25-20)11-17-7-6-10-27(15-17)22(28)18-8-4-3-5-9-18/h3-5,8-9,12-14,17H,6-7,10-11,15H2,1-2H3/t17-/m0/s1. The van der Waals surface area contributed by atoms with Gasteiger partial charge in [0.05, 0.1) is 23.8 Å². The summed E-state index contributed by atoms with van der Waals surface area (Å²) in [5.74, 6) is 1.47. The van der Waals surface area contributed by atoms with Crippen molar-refractivity contribution in [3.63, 3.8) is 0 Å². The minimum atomic E-state index is 0.121. The van der Waals surface area contributed by atoms with Crippen LogP contribution in [-0.4, -0.2) is 43.4 Å². The summed E-state index contributed by atoms with van der Waals surface area (Å²) < 4.78 is 2.02. The summed E-state index contributed by atoms with van der Waals surface area (Å²) in [5.41, 5.74) is 3.54. The molecule has 1 atom stereocenters. The van der Waals surface area contributed by atoms with Gasteiger partial charge in [-0.15, -0.1) is 0 Å². The Balaban J connectivity index is 1.46. The number of aromatic nitrogens is 4. The predicted octanol–water partition coefficient (Wildman–Crippen LogP) is 3.28. The highest BCUT2D eigenvalue weighted by Crippen LogP contribution is 2.23. The average molecular weight is 375 g/mol. The first-order chi connectivity index (χ1) is 13.6. The Morgan fingerprint density at radius 2 is 2.00 bits per heavy atom. The highest BCUT2D eigenvalue weighted by molar-refractivity contribution is 5.94. The van der Waals surface area contributed by atoms with E-state index in [1.54, 1.807) is 6.20 Å². The summed E-state index contributed by atoms with van der Waals surface area (Å²) in [5, 5.41) is 0. The van der Waals surface area contributed by atoms with E-state index >= 15 is 0 Å². The van der Waals surface area contributed by atoms with Crippen LogP contribution >= 0.6 is 0 Å².